The zero-order chi connectivity index (χ0) is 14.0. The van der Waals surface area contributed by atoms with Crippen LogP contribution in [0.2, 0.25) is 0 Å². The largest absolute Gasteiger partial charge is 0.497 e. The topological polar surface area (TPSA) is 99.4 Å². The molecule has 0 aromatic heterocycles. The van der Waals surface area contributed by atoms with Gasteiger partial charge in [-0.2, -0.15) is 0 Å². The van der Waals surface area contributed by atoms with E-state index in [1.165, 1.54) is 0 Å². The predicted molar refractivity (Wildman–Crippen MR) is 65.7 cm³/mol. The van der Waals surface area contributed by atoms with E-state index in [9.17, 15) is 15.3 Å². The maximum absolute atomic E-state index is 9.95. The van der Waals surface area contributed by atoms with Gasteiger partial charge in [-0.25, -0.2) is 0 Å². The van der Waals surface area contributed by atoms with Gasteiger partial charge >= 0.3 is 0 Å². The van der Waals surface area contributed by atoms with Crippen molar-refractivity contribution in [2.75, 3.05) is 13.7 Å². The standard InChI is InChI=1S/C13H18O6/c1-18-8-4-2-7(3-5-8)13-12(17)11(16)10(15)9(6-14)19-13/h2-5,9-17H,6H2,1H3/t9-,10-,11+,12-,13+/m1/s1. The van der Waals surface area contributed by atoms with Gasteiger partial charge < -0.3 is 29.9 Å². The molecule has 1 aliphatic rings. The van der Waals surface area contributed by atoms with Gasteiger partial charge in [0.15, 0.2) is 0 Å². The molecule has 1 aliphatic heterocycles. The van der Waals surface area contributed by atoms with Gasteiger partial charge in [0.25, 0.3) is 0 Å². The minimum Gasteiger partial charge on any atom is -0.497 e. The molecule has 0 amide bonds. The minimum atomic E-state index is -1.36. The van der Waals surface area contributed by atoms with Crippen molar-refractivity contribution in [2.45, 2.75) is 30.5 Å². The molecule has 1 heterocycles. The molecule has 1 aromatic rings. The van der Waals surface area contributed by atoms with Crippen molar-refractivity contribution in [3.05, 3.63) is 29.8 Å². The van der Waals surface area contributed by atoms with Crippen LogP contribution in [-0.2, 0) is 4.74 Å². The van der Waals surface area contributed by atoms with Crippen molar-refractivity contribution in [3.63, 3.8) is 0 Å². The molecule has 0 radical (unpaired) electrons. The Hall–Kier alpha value is -1.18. The highest BCUT2D eigenvalue weighted by molar-refractivity contribution is 5.29. The van der Waals surface area contributed by atoms with Crippen LogP contribution in [0.3, 0.4) is 0 Å². The number of hydrogen-bond donors (Lipinski definition) is 4. The lowest BCUT2D eigenvalue weighted by Gasteiger charge is -2.40. The summed E-state index contributed by atoms with van der Waals surface area (Å²) in [7, 11) is 1.54. The molecule has 1 fully saturated rings. The van der Waals surface area contributed by atoms with E-state index in [0.29, 0.717) is 11.3 Å². The number of hydrogen-bond acceptors (Lipinski definition) is 6. The molecule has 0 saturated carbocycles. The molecule has 106 valence electrons. The van der Waals surface area contributed by atoms with Crippen molar-refractivity contribution >= 4 is 0 Å². The Kier molecular flexibility index (Phi) is 4.38. The van der Waals surface area contributed by atoms with Crippen molar-refractivity contribution in [2.24, 2.45) is 0 Å². The molecule has 0 unspecified atom stereocenters. The summed E-state index contributed by atoms with van der Waals surface area (Å²) in [5.41, 5.74) is 0.637. The smallest absolute Gasteiger partial charge is 0.118 e. The van der Waals surface area contributed by atoms with E-state index in [0.717, 1.165) is 0 Å². The van der Waals surface area contributed by atoms with Crippen LogP contribution < -0.4 is 4.74 Å². The van der Waals surface area contributed by atoms with Crippen LogP contribution in [0.15, 0.2) is 24.3 Å². The fourth-order valence-corrected chi connectivity index (χ4v) is 2.17. The second-order valence-corrected chi connectivity index (χ2v) is 4.52. The number of benzene rings is 1. The quantitative estimate of drug-likeness (QED) is 0.574. The van der Waals surface area contributed by atoms with Gasteiger partial charge in [-0.15, -0.1) is 0 Å². The lowest BCUT2D eigenvalue weighted by atomic mass is 9.91. The zero-order valence-corrected chi connectivity index (χ0v) is 10.5. The second kappa shape index (κ2) is 5.85. The number of methoxy groups -OCH3 is 1. The fraction of sp³-hybridized carbons (Fsp3) is 0.538. The van der Waals surface area contributed by atoms with E-state index in [2.05, 4.69) is 0 Å². The van der Waals surface area contributed by atoms with Crippen LogP contribution in [0.1, 0.15) is 11.7 Å². The summed E-state index contributed by atoms with van der Waals surface area (Å²) in [4.78, 5) is 0. The molecule has 1 saturated heterocycles. The fourth-order valence-electron chi connectivity index (χ4n) is 2.17. The highest BCUT2D eigenvalue weighted by Gasteiger charge is 2.43. The third kappa shape index (κ3) is 2.72. The van der Waals surface area contributed by atoms with Crippen LogP contribution in [-0.4, -0.2) is 58.6 Å². The first kappa shape index (κ1) is 14.2. The van der Waals surface area contributed by atoms with Crippen molar-refractivity contribution in [1.82, 2.24) is 0 Å². The summed E-state index contributed by atoms with van der Waals surface area (Å²) in [6.07, 6.45) is -5.66. The molecule has 0 bridgehead atoms. The second-order valence-electron chi connectivity index (χ2n) is 4.52. The minimum absolute atomic E-state index is 0.433. The van der Waals surface area contributed by atoms with Crippen LogP contribution in [0.4, 0.5) is 0 Å². The Balaban J connectivity index is 2.21. The lowest BCUT2D eigenvalue weighted by Crippen LogP contribution is -2.55. The van der Waals surface area contributed by atoms with Crippen LogP contribution >= 0.6 is 0 Å². The zero-order valence-electron chi connectivity index (χ0n) is 10.5. The SMILES string of the molecule is COc1ccc([C@@H]2O[C@H](CO)[C@@H](O)[C@H](O)[C@H]2O)cc1. The van der Waals surface area contributed by atoms with Crippen LogP contribution in [0.25, 0.3) is 0 Å². The van der Waals surface area contributed by atoms with Gasteiger partial charge in [0.1, 0.15) is 36.3 Å². The molecule has 2 rings (SSSR count). The third-order valence-electron chi connectivity index (χ3n) is 3.34. The molecule has 0 aliphatic carbocycles. The van der Waals surface area contributed by atoms with Gasteiger partial charge in [-0.1, -0.05) is 12.1 Å². The summed E-state index contributed by atoms with van der Waals surface area (Å²) in [5, 5.41) is 38.5. The first-order valence-corrected chi connectivity index (χ1v) is 6.03. The van der Waals surface area contributed by atoms with Gasteiger partial charge in [-0.3, -0.25) is 0 Å². The molecular weight excluding hydrogens is 252 g/mol. The van der Waals surface area contributed by atoms with Gasteiger partial charge in [0.05, 0.1) is 13.7 Å². The molecule has 19 heavy (non-hydrogen) atoms. The molecule has 4 N–H and O–H groups in total. The Morgan fingerprint density at radius 1 is 1.05 bits per heavy atom. The van der Waals surface area contributed by atoms with E-state index >= 15 is 0 Å². The highest BCUT2D eigenvalue weighted by Crippen LogP contribution is 2.32. The monoisotopic (exact) mass is 270 g/mol. The third-order valence-corrected chi connectivity index (χ3v) is 3.34. The Morgan fingerprint density at radius 2 is 1.68 bits per heavy atom. The first-order valence-electron chi connectivity index (χ1n) is 6.03. The van der Waals surface area contributed by atoms with Crippen molar-refractivity contribution < 1.29 is 29.9 Å². The Bertz CT molecular complexity index is 404. The van der Waals surface area contributed by atoms with E-state index in [-0.39, 0.29) is 0 Å². The Morgan fingerprint density at radius 3 is 2.21 bits per heavy atom. The van der Waals surface area contributed by atoms with Crippen LogP contribution in [0, 0.1) is 0 Å². The average molecular weight is 270 g/mol. The summed E-state index contributed by atoms with van der Waals surface area (Å²) >= 11 is 0. The molecular formula is C13H18O6. The van der Waals surface area contributed by atoms with E-state index < -0.39 is 37.1 Å². The number of aliphatic hydroxyl groups excluding tert-OH is 4. The van der Waals surface area contributed by atoms with E-state index in [1.807, 2.05) is 0 Å². The molecule has 0 spiro atoms. The average Bonchev–Trinajstić information content (AvgIpc) is 2.45. The summed E-state index contributed by atoms with van der Waals surface area (Å²) < 4.78 is 10.5. The summed E-state index contributed by atoms with van der Waals surface area (Å²) in [5.74, 6) is 0.661. The molecule has 6 heteroatoms. The maximum atomic E-state index is 9.95. The first-order chi connectivity index (χ1) is 9.08. The van der Waals surface area contributed by atoms with E-state index in [1.54, 1.807) is 31.4 Å². The summed E-state index contributed by atoms with van der Waals surface area (Å²) in [6, 6.07) is 6.81. The van der Waals surface area contributed by atoms with Crippen LogP contribution in [0.5, 0.6) is 5.75 Å². The summed E-state index contributed by atoms with van der Waals surface area (Å²) in [6.45, 7) is -0.433. The number of rotatable bonds is 3. The number of ether oxygens (including phenoxy) is 2. The van der Waals surface area contributed by atoms with E-state index in [4.69, 9.17) is 14.6 Å². The van der Waals surface area contributed by atoms with Gasteiger partial charge in [0, 0.05) is 0 Å². The number of aliphatic hydroxyl groups is 4. The van der Waals surface area contributed by atoms with Crippen molar-refractivity contribution in [1.29, 1.82) is 0 Å². The predicted octanol–water partition coefficient (Wildman–Crippen LogP) is -0.790. The Labute approximate surface area is 110 Å². The lowest BCUT2D eigenvalue weighted by molar-refractivity contribution is -0.231. The molecule has 6 nitrogen and oxygen atoms in total. The molecule has 1 aromatic carbocycles. The van der Waals surface area contributed by atoms with Crippen molar-refractivity contribution in [3.8, 4) is 5.75 Å². The maximum Gasteiger partial charge on any atom is 0.118 e. The highest BCUT2D eigenvalue weighted by atomic mass is 16.5. The van der Waals surface area contributed by atoms with Gasteiger partial charge in [-0.05, 0) is 17.7 Å². The van der Waals surface area contributed by atoms with Gasteiger partial charge in [0.2, 0.25) is 0 Å². The normalized spacial score (nSPS) is 35.1. The molecule has 5 atom stereocenters.